The summed E-state index contributed by atoms with van der Waals surface area (Å²) in [5.74, 6) is 0.746. The summed E-state index contributed by atoms with van der Waals surface area (Å²) in [4.78, 5) is 22.0. The van der Waals surface area contributed by atoms with E-state index in [-0.39, 0.29) is 6.04 Å². The van der Waals surface area contributed by atoms with Crippen LogP contribution in [0.5, 0.6) is 0 Å². The molecular formula is C19H35N5O2S. The molecule has 1 rings (SSSR count). The Morgan fingerprint density at radius 2 is 2.07 bits per heavy atom. The number of unbranched alkanes of at least 4 members (excludes halogenated alkanes) is 1. The van der Waals surface area contributed by atoms with Crippen molar-refractivity contribution in [2.45, 2.75) is 79.0 Å². The van der Waals surface area contributed by atoms with Gasteiger partial charge in [0.2, 0.25) is 0 Å². The number of aromatic nitrogens is 1. The number of carbonyl (C=O) groups excluding carboxylic acids is 1. The number of carbonyl (C=O) groups is 1. The van der Waals surface area contributed by atoms with Crippen LogP contribution in [0.25, 0.3) is 0 Å². The zero-order chi connectivity index (χ0) is 20.3. The minimum atomic E-state index is -0.500. The number of alkyl carbamates (subject to hydrolysis) is 1. The van der Waals surface area contributed by atoms with Crippen molar-refractivity contribution in [3.63, 3.8) is 0 Å². The quantitative estimate of drug-likeness (QED) is 0.438. The summed E-state index contributed by atoms with van der Waals surface area (Å²) in [6.45, 7) is 13.6. The van der Waals surface area contributed by atoms with Crippen LogP contribution in [0.15, 0.2) is 11.2 Å². The minimum Gasteiger partial charge on any atom is -0.444 e. The van der Waals surface area contributed by atoms with Crippen molar-refractivity contribution in [1.82, 2.24) is 20.9 Å². The van der Waals surface area contributed by atoms with Gasteiger partial charge in [-0.05, 0) is 41.0 Å². The van der Waals surface area contributed by atoms with E-state index < -0.39 is 11.7 Å². The summed E-state index contributed by atoms with van der Waals surface area (Å²) in [7, 11) is 0. The fourth-order valence-corrected chi connectivity index (χ4v) is 3.06. The van der Waals surface area contributed by atoms with E-state index >= 15 is 0 Å². The Labute approximate surface area is 167 Å². The third-order valence-electron chi connectivity index (χ3n) is 3.55. The van der Waals surface area contributed by atoms with Gasteiger partial charge >= 0.3 is 6.09 Å². The standard InChI is InChI=1S/C19H35N5O2S/c1-7-9-10-15(11-23-18(25)26-19(4,5)6)24-17(20-8-2)22-13-16-12-21-14(3)27-16/h12,15H,7-11,13H2,1-6H3,(H,23,25)(H2,20,22,24). The predicted molar refractivity (Wildman–Crippen MR) is 112 cm³/mol. The number of thiazole rings is 1. The van der Waals surface area contributed by atoms with E-state index in [9.17, 15) is 4.79 Å². The summed E-state index contributed by atoms with van der Waals surface area (Å²) >= 11 is 1.65. The summed E-state index contributed by atoms with van der Waals surface area (Å²) in [5.41, 5.74) is -0.500. The molecule has 1 aromatic heterocycles. The number of nitrogens with zero attached hydrogens (tertiary/aromatic N) is 2. The Hall–Kier alpha value is -1.83. The predicted octanol–water partition coefficient (Wildman–Crippen LogP) is 3.59. The van der Waals surface area contributed by atoms with Gasteiger partial charge in [-0.3, -0.25) is 0 Å². The largest absolute Gasteiger partial charge is 0.444 e. The highest BCUT2D eigenvalue weighted by Crippen LogP contribution is 2.12. The van der Waals surface area contributed by atoms with Crippen LogP contribution in [0.2, 0.25) is 0 Å². The van der Waals surface area contributed by atoms with E-state index in [0.29, 0.717) is 13.1 Å². The van der Waals surface area contributed by atoms with Gasteiger partial charge in [0.15, 0.2) is 5.96 Å². The maximum Gasteiger partial charge on any atom is 0.407 e. The Morgan fingerprint density at radius 1 is 1.33 bits per heavy atom. The third-order valence-corrected chi connectivity index (χ3v) is 4.44. The van der Waals surface area contributed by atoms with Gasteiger partial charge in [-0.25, -0.2) is 14.8 Å². The maximum absolute atomic E-state index is 11.9. The van der Waals surface area contributed by atoms with Crippen LogP contribution < -0.4 is 16.0 Å². The number of aryl methyl sites for hydroxylation is 1. The van der Waals surface area contributed by atoms with Crippen LogP contribution in [-0.2, 0) is 11.3 Å². The fourth-order valence-electron chi connectivity index (χ4n) is 2.35. The van der Waals surface area contributed by atoms with Gasteiger partial charge in [0.05, 0.1) is 11.6 Å². The number of hydrogen-bond acceptors (Lipinski definition) is 5. The average molecular weight is 398 g/mol. The summed E-state index contributed by atoms with van der Waals surface area (Å²) < 4.78 is 5.32. The molecule has 0 saturated heterocycles. The number of nitrogens with one attached hydrogen (secondary N) is 3. The average Bonchev–Trinajstić information content (AvgIpc) is 2.99. The van der Waals surface area contributed by atoms with Crippen LogP contribution in [-0.4, -0.2) is 41.8 Å². The molecule has 3 N–H and O–H groups in total. The lowest BCUT2D eigenvalue weighted by Crippen LogP contribution is -2.49. The van der Waals surface area contributed by atoms with Crippen molar-refractivity contribution >= 4 is 23.4 Å². The van der Waals surface area contributed by atoms with Crippen LogP contribution in [0.1, 0.15) is 63.8 Å². The highest BCUT2D eigenvalue weighted by Gasteiger charge is 2.18. The molecule has 0 saturated carbocycles. The Bertz CT molecular complexity index is 595. The first kappa shape index (κ1) is 23.2. The van der Waals surface area contributed by atoms with E-state index in [1.165, 1.54) is 0 Å². The molecule has 0 fully saturated rings. The van der Waals surface area contributed by atoms with Gasteiger partial charge in [-0.1, -0.05) is 19.8 Å². The van der Waals surface area contributed by atoms with Crippen LogP contribution in [0.4, 0.5) is 4.79 Å². The first-order valence-electron chi connectivity index (χ1n) is 9.66. The van der Waals surface area contributed by atoms with Crippen LogP contribution >= 0.6 is 11.3 Å². The van der Waals surface area contributed by atoms with E-state index in [0.717, 1.165) is 41.7 Å². The molecule has 0 radical (unpaired) electrons. The SMILES string of the molecule is CCCCC(CNC(=O)OC(C)(C)C)NC(=NCc1cnc(C)s1)NCC. The molecule has 1 heterocycles. The second kappa shape index (κ2) is 11.8. The number of ether oxygens (including phenoxy) is 1. The molecule has 154 valence electrons. The molecule has 1 aromatic rings. The van der Waals surface area contributed by atoms with E-state index in [1.807, 2.05) is 40.8 Å². The van der Waals surface area contributed by atoms with Crippen molar-refractivity contribution < 1.29 is 9.53 Å². The smallest absolute Gasteiger partial charge is 0.407 e. The number of amides is 1. The monoisotopic (exact) mass is 397 g/mol. The number of guanidine groups is 1. The molecule has 0 spiro atoms. The highest BCUT2D eigenvalue weighted by molar-refractivity contribution is 7.11. The number of hydrogen-bond donors (Lipinski definition) is 3. The molecule has 0 bridgehead atoms. The molecule has 8 heteroatoms. The topological polar surface area (TPSA) is 87.6 Å². The number of rotatable bonds is 9. The molecule has 1 unspecified atom stereocenters. The summed E-state index contributed by atoms with van der Waals surface area (Å²) in [5, 5.41) is 10.6. The van der Waals surface area contributed by atoms with Gasteiger partial charge in [0.1, 0.15) is 5.60 Å². The van der Waals surface area contributed by atoms with Gasteiger partial charge in [0, 0.05) is 30.2 Å². The Balaban J connectivity index is 2.67. The lowest BCUT2D eigenvalue weighted by atomic mass is 10.1. The summed E-state index contributed by atoms with van der Waals surface area (Å²) in [6, 6.07) is 0.0819. The van der Waals surface area contributed by atoms with Crippen LogP contribution in [0, 0.1) is 6.92 Å². The number of aliphatic imine (C=N–C) groups is 1. The molecule has 0 aliphatic rings. The van der Waals surface area contributed by atoms with Crippen molar-refractivity contribution in [3.05, 3.63) is 16.1 Å². The van der Waals surface area contributed by atoms with E-state index in [1.54, 1.807) is 11.3 Å². The molecule has 1 atom stereocenters. The lowest BCUT2D eigenvalue weighted by molar-refractivity contribution is 0.0523. The molecule has 0 aromatic carbocycles. The zero-order valence-corrected chi connectivity index (χ0v) is 18.3. The van der Waals surface area contributed by atoms with Gasteiger partial charge in [0.25, 0.3) is 0 Å². The van der Waals surface area contributed by atoms with E-state index in [4.69, 9.17) is 4.74 Å². The highest BCUT2D eigenvalue weighted by atomic mass is 32.1. The van der Waals surface area contributed by atoms with Crippen molar-refractivity contribution in [2.75, 3.05) is 13.1 Å². The normalized spacial score (nSPS) is 13.2. The second-order valence-electron chi connectivity index (χ2n) is 7.41. The minimum absolute atomic E-state index is 0.0819. The van der Waals surface area contributed by atoms with Gasteiger partial charge < -0.3 is 20.7 Å². The van der Waals surface area contributed by atoms with Gasteiger partial charge in [-0.2, -0.15) is 0 Å². The summed E-state index contributed by atoms with van der Waals surface area (Å²) in [6.07, 6.45) is 4.58. The zero-order valence-electron chi connectivity index (χ0n) is 17.5. The Kier molecular flexibility index (Phi) is 10.1. The van der Waals surface area contributed by atoms with Gasteiger partial charge in [-0.15, -0.1) is 11.3 Å². The van der Waals surface area contributed by atoms with Crippen molar-refractivity contribution in [3.8, 4) is 0 Å². The first-order chi connectivity index (χ1) is 12.7. The van der Waals surface area contributed by atoms with Crippen molar-refractivity contribution in [1.29, 1.82) is 0 Å². The Morgan fingerprint density at radius 3 is 2.63 bits per heavy atom. The molecule has 0 aliphatic heterocycles. The molecule has 0 aliphatic carbocycles. The molecule has 27 heavy (non-hydrogen) atoms. The lowest BCUT2D eigenvalue weighted by Gasteiger charge is -2.24. The molecule has 7 nitrogen and oxygen atoms in total. The van der Waals surface area contributed by atoms with Crippen LogP contribution in [0.3, 0.4) is 0 Å². The molecular weight excluding hydrogens is 362 g/mol. The van der Waals surface area contributed by atoms with Crippen molar-refractivity contribution in [2.24, 2.45) is 4.99 Å². The third kappa shape index (κ3) is 10.8. The maximum atomic E-state index is 11.9. The van der Waals surface area contributed by atoms with E-state index in [2.05, 4.69) is 32.9 Å². The second-order valence-corrected chi connectivity index (χ2v) is 8.73. The molecule has 1 amide bonds. The fraction of sp³-hybridized carbons (Fsp3) is 0.737. The first-order valence-corrected chi connectivity index (χ1v) is 10.5.